The average molecular weight is 340 g/mol. The largest absolute Gasteiger partial charge is 0.462 e. The fourth-order valence-electron chi connectivity index (χ4n) is 4.05. The van der Waals surface area contributed by atoms with Gasteiger partial charge in [-0.25, -0.2) is 0 Å². The second kappa shape index (κ2) is 6.65. The summed E-state index contributed by atoms with van der Waals surface area (Å²) in [5, 5.41) is 3.32. The molecule has 1 saturated heterocycles. The molecule has 1 aromatic heterocycles. The van der Waals surface area contributed by atoms with Gasteiger partial charge >= 0.3 is 0 Å². The Bertz CT molecular complexity index is 770. The molecule has 0 unspecified atom stereocenters. The van der Waals surface area contributed by atoms with E-state index in [1.165, 1.54) is 0 Å². The first-order valence-electron chi connectivity index (χ1n) is 8.87. The lowest BCUT2D eigenvalue weighted by atomic mass is 9.91. The van der Waals surface area contributed by atoms with E-state index in [9.17, 15) is 4.79 Å². The van der Waals surface area contributed by atoms with Crippen molar-refractivity contribution in [2.75, 3.05) is 20.2 Å². The maximum absolute atomic E-state index is 12.6. The van der Waals surface area contributed by atoms with Gasteiger partial charge in [0, 0.05) is 25.8 Å². The van der Waals surface area contributed by atoms with Crippen molar-refractivity contribution >= 4 is 5.91 Å². The molecule has 1 aromatic carbocycles. The monoisotopic (exact) mass is 340 g/mol. The molecular formula is C20H24N2O3. The Balaban J connectivity index is 1.44. The van der Waals surface area contributed by atoms with Crippen LogP contribution in [0.3, 0.4) is 0 Å². The summed E-state index contributed by atoms with van der Waals surface area (Å²) in [6, 6.07) is 11.9. The molecule has 0 radical (unpaired) electrons. The molecule has 25 heavy (non-hydrogen) atoms. The van der Waals surface area contributed by atoms with Crippen molar-refractivity contribution in [1.29, 1.82) is 0 Å². The van der Waals surface area contributed by atoms with Crippen LogP contribution in [0.15, 0.2) is 40.8 Å². The number of amides is 1. The quantitative estimate of drug-likeness (QED) is 0.930. The zero-order valence-corrected chi connectivity index (χ0v) is 14.6. The van der Waals surface area contributed by atoms with Gasteiger partial charge < -0.3 is 14.5 Å². The number of benzene rings is 1. The number of nitrogens with zero attached hydrogens (tertiary/aromatic N) is 1. The molecule has 1 fully saturated rings. The number of likely N-dealkylation sites (tertiary alicyclic amines) is 1. The molecule has 1 amide bonds. The Labute approximate surface area is 148 Å². The number of fused-ring (bicyclic) bond motifs is 1. The van der Waals surface area contributed by atoms with Gasteiger partial charge in [-0.3, -0.25) is 9.69 Å². The van der Waals surface area contributed by atoms with Crippen LogP contribution in [0.1, 0.15) is 40.3 Å². The minimum absolute atomic E-state index is 0.0651. The van der Waals surface area contributed by atoms with Gasteiger partial charge in [0.2, 0.25) is 0 Å². The summed E-state index contributed by atoms with van der Waals surface area (Å²) < 4.78 is 10.9. The molecule has 5 nitrogen and oxygen atoms in total. The smallest absolute Gasteiger partial charge is 0.252 e. The van der Waals surface area contributed by atoms with E-state index in [0.717, 1.165) is 61.5 Å². The molecule has 4 rings (SSSR count). The normalized spacial score (nSPS) is 23.5. The van der Waals surface area contributed by atoms with E-state index in [2.05, 4.69) is 16.3 Å². The van der Waals surface area contributed by atoms with E-state index >= 15 is 0 Å². The van der Waals surface area contributed by atoms with Gasteiger partial charge in [-0.05, 0) is 43.0 Å². The van der Waals surface area contributed by atoms with Crippen molar-refractivity contribution in [2.45, 2.75) is 38.0 Å². The van der Waals surface area contributed by atoms with Crippen molar-refractivity contribution < 1.29 is 13.9 Å². The summed E-state index contributed by atoms with van der Waals surface area (Å²) >= 11 is 0. The van der Waals surface area contributed by atoms with Crippen LogP contribution in [-0.4, -0.2) is 36.5 Å². The Kier molecular flexibility index (Phi) is 4.36. The highest BCUT2D eigenvalue weighted by Gasteiger charge is 2.41. The summed E-state index contributed by atoms with van der Waals surface area (Å²) in [5.74, 6) is 1.87. The van der Waals surface area contributed by atoms with Gasteiger partial charge in [-0.1, -0.05) is 18.2 Å². The third-order valence-corrected chi connectivity index (χ3v) is 5.33. The SMILES string of the molecule is COCc1ccc(CN2CC[C@@]3(CCc4ccccc4C(=O)N3)C2)o1. The first-order chi connectivity index (χ1) is 12.2. The van der Waals surface area contributed by atoms with Gasteiger partial charge in [-0.15, -0.1) is 0 Å². The van der Waals surface area contributed by atoms with Crippen LogP contribution in [-0.2, 0) is 24.3 Å². The zero-order chi connectivity index (χ0) is 17.3. The zero-order valence-electron chi connectivity index (χ0n) is 14.6. The van der Waals surface area contributed by atoms with E-state index in [0.29, 0.717) is 6.61 Å². The predicted octanol–water partition coefficient (Wildman–Crippen LogP) is 2.75. The number of carbonyl (C=O) groups is 1. The number of ether oxygens (including phenoxy) is 1. The van der Waals surface area contributed by atoms with Crippen molar-refractivity contribution in [2.24, 2.45) is 0 Å². The van der Waals surface area contributed by atoms with Crippen molar-refractivity contribution in [3.8, 4) is 0 Å². The van der Waals surface area contributed by atoms with E-state index in [-0.39, 0.29) is 11.4 Å². The number of hydrogen-bond donors (Lipinski definition) is 1. The van der Waals surface area contributed by atoms with Crippen molar-refractivity contribution in [3.05, 3.63) is 59.0 Å². The molecular weight excluding hydrogens is 316 g/mol. The van der Waals surface area contributed by atoms with Crippen LogP contribution < -0.4 is 5.32 Å². The van der Waals surface area contributed by atoms with Gasteiger partial charge in [0.25, 0.3) is 5.91 Å². The average Bonchev–Trinajstić information content (AvgIpc) is 3.18. The fourth-order valence-corrected chi connectivity index (χ4v) is 4.05. The molecule has 5 heteroatoms. The highest BCUT2D eigenvalue weighted by molar-refractivity contribution is 5.96. The molecule has 1 N–H and O–H groups in total. The lowest BCUT2D eigenvalue weighted by Crippen LogP contribution is -2.49. The molecule has 1 spiro atoms. The molecule has 2 aliphatic heterocycles. The predicted molar refractivity (Wildman–Crippen MR) is 94.3 cm³/mol. The number of rotatable bonds is 4. The standard InChI is InChI=1S/C20H24N2O3/c1-24-13-17-7-6-16(25-17)12-22-11-10-20(14-22)9-8-15-4-2-3-5-18(15)19(23)21-20/h2-7H,8-14H2,1H3,(H,21,23)/t20-/m0/s1. The first kappa shape index (κ1) is 16.4. The number of nitrogens with one attached hydrogen (secondary N) is 1. The summed E-state index contributed by atoms with van der Waals surface area (Å²) in [7, 11) is 1.67. The lowest BCUT2D eigenvalue weighted by molar-refractivity contribution is 0.0901. The van der Waals surface area contributed by atoms with E-state index in [1.54, 1.807) is 7.11 Å². The molecule has 0 saturated carbocycles. The second-order valence-corrected chi connectivity index (χ2v) is 7.15. The van der Waals surface area contributed by atoms with Crippen molar-refractivity contribution in [1.82, 2.24) is 10.2 Å². The summed E-state index contributed by atoms with van der Waals surface area (Å²) in [4.78, 5) is 15.0. The van der Waals surface area contributed by atoms with Gasteiger partial charge in [0.1, 0.15) is 18.1 Å². The molecule has 2 aliphatic rings. The number of hydrogen-bond acceptors (Lipinski definition) is 4. The molecule has 2 aromatic rings. The maximum atomic E-state index is 12.6. The van der Waals surface area contributed by atoms with E-state index in [1.807, 2.05) is 30.3 Å². The lowest BCUT2D eigenvalue weighted by Gasteiger charge is -2.29. The first-order valence-corrected chi connectivity index (χ1v) is 8.87. The van der Waals surface area contributed by atoms with Crippen LogP contribution in [0.4, 0.5) is 0 Å². The van der Waals surface area contributed by atoms with Crippen LogP contribution in [0.5, 0.6) is 0 Å². The van der Waals surface area contributed by atoms with Crippen molar-refractivity contribution in [3.63, 3.8) is 0 Å². The molecule has 132 valence electrons. The summed E-state index contributed by atoms with van der Waals surface area (Å²) in [5.41, 5.74) is 1.86. The minimum Gasteiger partial charge on any atom is -0.462 e. The maximum Gasteiger partial charge on any atom is 0.252 e. The third-order valence-electron chi connectivity index (χ3n) is 5.33. The third kappa shape index (κ3) is 3.34. The second-order valence-electron chi connectivity index (χ2n) is 7.15. The van der Waals surface area contributed by atoms with Gasteiger partial charge in [0.05, 0.1) is 12.1 Å². The molecule has 1 atom stereocenters. The molecule has 0 aliphatic carbocycles. The highest BCUT2D eigenvalue weighted by atomic mass is 16.5. The number of methoxy groups -OCH3 is 1. The van der Waals surface area contributed by atoms with Crippen LogP contribution >= 0.6 is 0 Å². The minimum atomic E-state index is -0.127. The fraction of sp³-hybridized carbons (Fsp3) is 0.450. The molecule has 0 bridgehead atoms. The Morgan fingerprint density at radius 3 is 2.92 bits per heavy atom. The Morgan fingerprint density at radius 2 is 2.04 bits per heavy atom. The summed E-state index contributed by atoms with van der Waals surface area (Å²) in [6.45, 7) is 3.11. The van der Waals surface area contributed by atoms with Crippen LogP contribution in [0.2, 0.25) is 0 Å². The van der Waals surface area contributed by atoms with Crippen LogP contribution in [0.25, 0.3) is 0 Å². The molecule has 3 heterocycles. The van der Waals surface area contributed by atoms with Gasteiger partial charge in [-0.2, -0.15) is 0 Å². The summed E-state index contributed by atoms with van der Waals surface area (Å²) in [6.07, 6.45) is 2.92. The van der Waals surface area contributed by atoms with E-state index < -0.39 is 0 Å². The Morgan fingerprint density at radius 1 is 1.20 bits per heavy atom. The number of furan rings is 1. The highest BCUT2D eigenvalue weighted by Crippen LogP contribution is 2.31. The topological polar surface area (TPSA) is 54.7 Å². The van der Waals surface area contributed by atoms with E-state index in [4.69, 9.17) is 9.15 Å². The van der Waals surface area contributed by atoms with Crippen LogP contribution in [0, 0.1) is 0 Å². The Hall–Kier alpha value is -2.11. The van der Waals surface area contributed by atoms with Gasteiger partial charge in [0.15, 0.2) is 0 Å². The number of carbonyl (C=O) groups excluding carboxylic acids is 1. The number of aryl methyl sites for hydroxylation is 1.